The van der Waals surface area contributed by atoms with E-state index in [1.54, 1.807) is 0 Å². The highest BCUT2D eigenvalue weighted by Crippen LogP contribution is 2.06. The van der Waals surface area contributed by atoms with Crippen LogP contribution in [0, 0.1) is 0 Å². The lowest BCUT2D eigenvalue weighted by Crippen LogP contribution is -2.46. The van der Waals surface area contributed by atoms with E-state index >= 15 is 0 Å². The monoisotopic (exact) mass is 237 g/mol. The Kier molecular flexibility index (Phi) is 4.49. The van der Waals surface area contributed by atoms with E-state index in [-0.39, 0.29) is 11.9 Å². The standard InChI is InChI=1S/C11H19N5O/c17-11(9-4-1-2-6-12-9)13-7-3-5-10-14-8-15-16-10/h8-9,12H,1-7H2,(H,13,17)(H,14,15,16)/t9-/m1/s1. The van der Waals surface area contributed by atoms with Gasteiger partial charge in [-0.15, -0.1) is 0 Å². The van der Waals surface area contributed by atoms with Crippen LogP contribution in [0.1, 0.15) is 31.5 Å². The maximum atomic E-state index is 11.8. The van der Waals surface area contributed by atoms with Crippen LogP contribution >= 0.6 is 0 Å². The molecule has 1 fully saturated rings. The molecule has 2 heterocycles. The summed E-state index contributed by atoms with van der Waals surface area (Å²) >= 11 is 0. The molecular weight excluding hydrogens is 218 g/mol. The minimum atomic E-state index is 0.00836. The number of carbonyl (C=O) groups is 1. The lowest BCUT2D eigenvalue weighted by molar-refractivity contribution is -0.123. The minimum Gasteiger partial charge on any atom is -0.355 e. The van der Waals surface area contributed by atoms with Crippen molar-refractivity contribution in [2.24, 2.45) is 0 Å². The van der Waals surface area contributed by atoms with Gasteiger partial charge in [-0.2, -0.15) is 5.10 Å². The molecule has 6 nitrogen and oxygen atoms in total. The molecule has 1 aromatic heterocycles. The molecule has 6 heteroatoms. The summed E-state index contributed by atoms with van der Waals surface area (Å²) in [6.45, 7) is 1.65. The number of amides is 1. The van der Waals surface area contributed by atoms with E-state index in [9.17, 15) is 4.79 Å². The number of aryl methyl sites for hydroxylation is 1. The SMILES string of the molecule is O=C(NCCCc1ncn[nH]1)[C@H]1CCCCN1. The molecule has 0 saturated carbocycles. The number of H-pyrrole nitrogens is 1. The molecule has 1 amide bonds. The molecule has 1 aliphatic rings. The summed E-state index contributed by atoms with van der Waals surface area (Å²) in [4.78, 5) is 15.8. The highest BCUT2D eigenvalue weighted by molar-refractivity contribution is 5.81. The van der Waals surface area contributed by atoms with Crippen molar-refractivity contribution in [1.82, 2.24) is 25.8 Å². The summed E-state index contributed by atoms with van der Waals surface area (Å²) in [6, 6.07) is 0.00836. The van der Waals surface area contributed by atoms with Crippen LogP contribution in [0.4, 0.5) is 0 Å². The largest absolute Gasteiger partial charge is 0.355 e. The normalized spacial score (nSPS) is 20.1. The Morgan fingerprint density at radius 3 is 3.18 bits per heavy atom. The van der Waals surface area contributed by atoms with E-state index in [1.807, 2.05) is 0 Å². The van der Waals surface area contributed by atoms with E-state index in [2.05, 4.69) is 25.8 Å². The first kappa shape index (κ1) is 12.0. The van der Waals surface area contributed by atoms with Crippen molar-refractivity contribution in [3.63, 3.8) is 0 Å². The predicted octanol–water partition coefficient (Wildman–Crippen LogP) is -0.00440. The number of nitrogens with one attached hydrogen (secondary N) is 3. The quantitative estimate of drug-likeness (QED) is 0.629. The summed E-state index contributed by atoms with van der Waals surface area (Å²) < 4.78 is 0. The first-order valence-corrected chi connectivity index (χ1v) is 6.21. The molecule has 94 valence electrons. The van der Waals surface area contributed by atoms with Gasteiger partial charge in [-0.1, -0.05) is 6.42 Å². The summed E-state index contributed by atoms with van der Waals surface area (Å²) in [7, 11) is 0. The zero-order valence-electron chi connectivity index (χ0n) is 9.91. The minimum absolute atomic E-state index is 0.00836. The molecular formula is C11H19N5O. The molecule has 0 aliphatic carbocycles. The fraction of sp³-hybridized carbons (Fsp3) is 0.727. The summed E-state index contributed by atoms with van der Waals surface area (Å²) in [6.07, 6.45) is 6.47. The fourth-order valence-corrected chi connectivity index (χ4v) is 2.02. The van der Waals surface area contributed by atoms with Crippen molar-refractivity contribution in [3.8, 4) is 0 Å². The number of piperidine rings is 1. The molecule has 1 aliphatic heterocycles. The van der Waals surface area contributed by atoms with Crippen molar-refractivity contribution >= 4 is 5.91 Å². The van der Waals surface area contributed by atoms with Gasteiger partial charge in [0, 0.05) is 13.0 Å². The molecule has 0 radical (unpaired) electrons. The molecule has 2 rings (SSSR count). The number of carbonyl (C=O) groups excluding carboxylic acids is 1. The van der Waals surface area contributed by atoms with Crippen LogP contribution in [0.3, 0.4) is 0 Å². The molecule has 0 spiro atoms. The van der Waals surface area contributed by atoms with E-state index in [0.717, 1.165) is 38.1 Å². The molecule has 0 aromatic carbocycles. The van der Waals surface area contributed by atoms with Gasteiger partial charge < -0.3 is 10.6 Å². The maximum Gasteiger partial charge on any atom is 0.237 e. The summed E-state index contributed by atoms with van der Waals surface area (Å²) in [5, 5.41) is 12.8. The van der Waals surface area contributed by atoms with Crippen molar-refractivity contribution < 1.29 is 4.79 Å². The Labute approximate surface area is 101 Å². The zero-order chi connectivity index (χ0) is 11.9. The van der Waals surface area contributed by atoms with E-state index in [0.29, 0.717) is 6.54 Å². The lowest BCUT2D eigenvalue weighted by atomic mass is 10.0. The van der Waals surface area contributed by atoms with Gasteiger partial charge >= 0.3 is 0 Å². The van der Waals surface area contributed by atoms with Gasteiger partial charge in [0.25, 0.3) is 0 Å². The molecule has 17 heavy (non-hydrogen) atoms. The number of hydrogen-bond acceptors (Lipinski definition) is 4. The van der Waals surface area contributed by atoms with Crippen LogP contribution in [-0.2, 0) is 11.2 Å². The van der Waals surface area contributed by atoms with E-state index in [4.69, 9.17) is 0 Å². The second-order valence-corrected chi connectivity index (χ2v) is 4.33. The van der Waals surface area contributed by atoms with E-state index in [1.165, 1.54) is 12.7 Å². The number of rotatable bonds is 5. The predicted molar refractivity (Wildman–Crippen MR) is 63.4 cm³/mol. The van der Waals surface area contributed by atoms with Gasteiger partial charge in [0.1, 0.15) is 12.2 Å². The topological polar surface area (TPSA) is 82.7 Å². The molecule has 3 N–H and O–H groups in total. The number of aromatic nitrogens is 3. The van der Waals surface area contributed by atoms with Gasteiger partial charge in [0.15, 0.2) is 0 Å². The zero-order valence-corrected chi connectivity index (χ0v) is 9.91. The average Bonchev–Trinajstić information content (AvgIpc) is 2.88. The Hall–Kier alpha value is -1.43. The van der Waals surface area contributed by atoms with Crippen LogP contribution in [-0.4, -0.2) is 40.2 Å². The van der Waals surface area contributed by atoms with Crippen LogP contribution < -0.4 is 10.6 Å². The van der Waals surface area contributed by atoms with Gasteiger partial charge in [0.2, 0.25) is 5.91 Å². The Morgan fingerprint density at radius 2 is 2.47 bits per heavy atom. The highest BCUT2D eigenvalue weighted by Gasteiger charge is 2.19. The van der Waals surface area contributed by atoms with Gasteiger partial charge in [-0.05, 0) is 25.8 Å². The fourth-order valence-electron chi connectivity index (χ4n) is 2.02. The second kappa shape index (κ2) is 6.34. The third kappa shape index (κ3) is 3.81. The van der Waals surface area contributed by atoms with Crippen molar-refractivity contribution in [1.29, 1.82) is 0 Å². The van der Waals surface area contributed by atoms with Crippen LogP contribution in [0.5, 0.6) is 0 Å². The second-order valence-electron chi connectivity index (χ2n) is 4.33. The highest BCUT2D eigenvalue weighted by atomic mass is 16.2. The summed E-state index contributed by atoms with van der Waals surface area (Å²) in [5.74, 6) is 0.998. The van der Waals surface area contributed by atoms with Crippen molar-refractivity contribution in [2.75, 3.05) is 13.1 Å². The van der Waals surface area contributed by atoms with Crippen LogP contribution in [0.25, 0.3) is 0 Å². The number of hydrogen-bond donors (Lipinski definition) is 3. The number of aromatic amines is 1. The third-order valence-corrected chi connectivity index (χ3v) is 2.98. The average molecular weight is 237 g/mol. The lowest BCUT2D eigenvalue weighted by Gasteiger charge is -2.22. The first-order chi connectivity index (χ1) is 8.36. The van der Waals surface area contributed by atoms with Gasteiger partial charge in [-0.25, -0.2) is 4.98 Å². The summed E-state index contributed by atoms with van der Waals surface area (Å²) in [5.41, 5.74) is 0. The first-order valence-electron chi connectivity index (χ1n) is 6.21. The van der Waals surface area contributed by atoms with Crippen LogP contribution in [0.2, 0.25) is 0 Å². The van der Waals surface area contributed by atoms with E-state index < -0.39 is 0 Å². The van der Waals surface area contributed by atoms with Gasteiger partial charge in [0.05, 0.1) is 6.04 Å². The third-order valence-electron chi connectivity index (χ3n) is 2.98. The molecule has 1 saturated heterocycles. The van der Waals surface area contributed by atoms with Gasteiger partial charge in [-0.3, -0.25) is 9.89 Å². The molecule has 0 unspecified atom stereocenters. The Morgan fingerprint density at radius 1 is 1.53 bits per heavy atom. The molecule has 0 bridgehead atoms. The van der Waals surface area contributed by atoms with Crippen LogP contribution in [0.15, 0.2) is 6.33 Å². The number of nitrogens with zero attached hydrogens (tertiary/aromatic N) is 2. The Balaban J connectivity index is 1.59. The Bertz CT molecular complexity index is 332. The smallest absolute Gasteiger partial charge is 0.237 e. The van der Waals surface area contributed by atoms with Crippen molar-refractivity contribution in [3.05, 3.63) is 12.2 Å². The maximum absolute atomic E-state index is 11.8. The van der Waals surface area contributed by atoms with Crippen molar-refractivity contribution in [2.45, 2.75) is 38.1 Å². The molecule has 1 atom stereocenters. The molecule has 1 aromatic rings.